The normalized spacial score (nSPS) is 27.4. The van der Waals surface area contributed by atoms with Crippen molar-refractivity contribution in [3.05, 3.63) is 24.3 Å². The Kier molecular flexibility index (Phi) is 3.16. The zero-order valence-corrected chi connectivity index (χ0v) is 11.0. The predicted molar refractivity (Wildman–Crippen MR) is 75.3 cm³/mol. The van der Waals surface area contributed by atoms with E-state index in [0.717, 1.165) is 26.1 Å². The molecule has 0 saturated heterocycles. The molecule has 1 aliphatic carbocycles. The summed E-state index contributed by atoms with van der Waals surface area (Å²) < 4.78 is 0. The quantitative estimate of drug-likeness (QED) is 0.865. The van der Waals surface area contributed by atoms with Gasteiger partial charge < -0.3 is 14.9 Å². The number of rotatable bonds is 2. The fourth-order valence-electron chi connectivity index (χ4n) is 3.27. The summed E-state index contributed by atoms with van der Waals surface area (Å²) in [5, 5.41) is 9.98. The molecule has 1 heterocycles. The Morgan fingerprint density at radius 2 is 1.94 bits per heavy atom. The molecule has 0 radical (unpaired) electrons. The molecule has 0 aromatic heterocycles. The number of aliphatic hydroxyl groups is 1. The van der Waals surface area contributed by atoms with Crippen LogP contribution in [0.25, 0.3) is 0 Å². The number of fused-ring (bicyclic) bond motifs is 1. The Bertz CT molecular complexity index is 421. The van der Waals surface area contributed by atoms with Crippen LogP contribution in [0.5, 0.6) is 0 Å². The van der Waals surface area contributed by atoms with Gasteiger partial charge in [-0.3, -0.25) is 0 Å². The maximum atomic E-state index is 9.98. The smallest absolute Gasteiger partial charge is 0.0604 e. The zero-order valence-electron chi connectivity index (χ0n) is 11.0. The number of para-hydroxylation sites is 2. The second-order valence-electron chi connectivity index (χ2n) is 5.61. The average molecular weight is 246 g/mol. The molecule has 3 nitrogen and oxygen atoms in total. The van der Waals surface area contributed by atoms with Crippen molar-refractivity contribution in [2.24, 2.45) is 5.92 Å². The number of anilines is 2. The average Bonchev–Trinajstić information content (AvgIpc) is 2.79. The molecule has 0 amide bonds. The molecule has 1 aliphatic heterocycles. The lowest BCUT2D eigenvalue weighted by atomic mass is 10.0. The third kappa shape index (κ3) is 2.07. The highest BCUT2D eigenvalue weighted by molar-refractivity contribution is 5.73. The molecule has 98 valence electrons. The number of nitrogens with zero attached hydrogens (tertiary/aromatic N) is 2. The molecule has 0 bridgehead atoms. The Morgan fingerprint density at radius 1 is 1.17 bits per heavy atom. The Labute approximate surface area is 109 Å². The van der Waals surface area contributed by atoms with Crippen molar-refractivity contribution in [2.45, 2.75) is 25.4 Å². The predicted octanol–water partition coefficient (Wildman–Crippen LogP) is 2.10. The molecule has 1 fully saturated rings. The van der Waals surface area contributed by atoms with Crippen LogP contribution in [-0.4, -0.2) is 37.9 Å². The fourth-order valence-corrected chi connectivity index (χ4v) is 3.27. The van der Waals surface area contributed by atoms with Crippen LogP contribution in [0.2, 0.25) is 0 Å². The highest BCUT2D eigenvalue weighted by Crippen LogP contribution is 2.34. The van der Waals surface area contributed by atoms with Gasteiger partial charge in [-0.25, -0.2) is 0 Å². The van der Waals surface area contributed by atoms with Gasteiger partial charge in [-0.15, -0.1) is 0 Å². The van der Waals surface area contributed by atoms with E-state index in [0.29, 0.717) is 5.92 Å². The van der Waals surface area contributed by atoms with Crippen molar-refractivity contribution in [1.82, 2.24) is 0 Å². The number of hydrogen-bond acceptors (Lipinski definition) is 3. The van der Waals surface area contributed by atoms with E-state index in [1.807, 2.05) is 0 Å². The SMILES string of the molecule is CN1CCN(CC2CCCC2O)c2ccccc21. The zero-order chi connectivity index (χ0) is 12.5. The van der Waals surface area contributed by atoms with Gasteiger partial charge in [0.2, 0.25) is 0 Å². The Balaban J connectivity index is 1.79. The summed E-state index contributed by atoms with van der Waals surface area (Å²) in [5.41, 5.74) is 2.64. The summed E-state index contributed by atoms with van der Waals surface area (Å²) in [6, 6.07) is 8.60. The minimum Gasteiger partial charge on any atom is -0.393 e. The van der Waals surface area contributed by atoms with Gasteiger partial charge in [-0.1, -0.05) is 18.6 Å². The van der Waals surface area contributed by atoms with Crippen LogP contribution < -0.4 is 9.80 Å². The molecule has 0 spiro atoms. The summed E-state index contributed by atoms with van der Waals surface area (Å²) in [4.78, 5) is 4.77. The first kappa shape index (κ1) is 11.8. The second kappa shape index (κ2) is 4.81. The number of likely N-dealkylation sites (N-methyl/N-ethyl adjacent to an activating group) is 1. The topological polar surface area (TPSA) is 26.7 Å². The number of hydrogen-bond donors (Lipinski definition) is 1. The Morgan fingerprint density at radius 3 is 2.67 bits per heavy atom. The minimum atomic E-state index is -0.0863. The summed E-state index contributed by atoms with van der Waals surface area (Å²) in [6.07, 6.45) is 3.26. The van der Waals surface area contributed by atoms with Crippen molar-refractivity contribution in [2.75, 3.05) is 36.5 Å². The van der Waals surface area contributed by atoms with Crippen molar-refractivity contribution < 1.29 is 5.11 Å². The van der Waals surface area contributed by atoms with E-state index >= 15 is 0 Å². The van der Waals surface area contributed by atoms with Gasteiger partial charge in [0.05, 0.1) is 17.5 Å². The third-order valence-corrected chi connectivity index (χ3v) is 4.41. The van der Waals surface area contributed by atoms with Gasteiger partial charge in [-0.2, -0.15) is 0 Å². The van der Waals surface area contributed by atoms with Crippen LogP contribution in [0.15, 0.2) is 24.3 Å². The molecule has 2 aliphatic rings. The van der Waals surface area contributed by atoms with Crippen LogP contribution in [0.4, 0.5) is 11.4 Å². The first-order chi connectivity index (χ1) is 8.75. The lowest BCUT2D eigenvalue weighted by Gasteiger charge is -2.38. The maximum Gasteiger partial charge on any atom is 0.0604 e. The molecule has 2 unspecified atom stereocenters. The summed E-state index contributed by atoms with van der Waals surface area (Å²) in [5.74, 6) is 0.460. The van der Waals surface area contributed by atoms with Crippen molar-refractivity contribution in [3.8, 4) is 0 Å². The standard InChI is InChI=1S/C15H22N2O/c1-16-9-10-17(11-12-5-4-8-15(12)18)14-7-3-2-6-13(14)16/h2-3,6-7,12,15,18H,4-5,8-11H2,1H3. The van der Waals surface area contributed by atoms with E-state index in [2.05, 4.69) is 41.1 Å². The molecule has 1 N–H and O–H groups in total. The monoisotopic (exact) mass is 246 g/mol. The van der Waals surface area contributed by atoms with Crippen molar-refractivity contribution in [1.29, 1.82) is 0 Å². The van der Waals surface area contributed by atoms with Crippen LogP contribution in [-0.2, 0) is 0 Å². The largest absolute Gasteiger partial charge is 0.393 e. The summed E-state index contributed by atoms with van der Waals surface area (Å²) >= 11 is 0. The molecular formula is C15H22N2O. The van der Waals surface area contributed by atoms with Crippen molar-refractivity contribution >= 4 is 11.4 Å². The lowest BCUT2D eigenvalue weighted by Crippen LogP contribution is -2.42. The molecule has 3 heteroatoms. The van der Waals surface area contributed by atoms with Gasteiger partial charge in [-0.05, 0) is 25.0 Å². The van der Waals surface area contributed by atoms with E-state index in [1.165, 1.54) is 24.2 Å². The minimum absolute atomic E-state index is 0.0863. The Hall–Kier alpha value is -1.22. The van der Waals surface area contributed by atoms with Crippen LogP contribution in [0, 0.1) is 5.92 Å². The van der Waals surface area contributed by atoms with Gasteiger partial charge in [0.1, 0.15) is 0 Å². The molecule has 2 atom stereocenters. The fraction of sp³-hybridized carbons (Fsp3) is 0.600. The van der Waals surface area contributed by atoms with Gasteiger partial charge >= 0.3 is 0 Å². The summed E-state index contributed by atoms with van der Waals surface area (Å²) in [6.45, 7) is 3.14. The van der Waals surface area contributed by atoms with Crippen LogP contribution >= 0.6 is 0 Å². The van der Waals surface area contributed by atoms with Gasteiger partial charge in [0.25, 0.3) is 0 Å². The van der Waals surface area contributed by atoms with Crippen LogP contribution in [0.1, 0.15) is 19.3 Å². The van der Waals surface area contributed by atoms with Gasteiger partial charge in [0, 0.05) is 32.6 Å². The van der Waals surface area contributed by atoms with Crippen molar-refractivity contribution in [3.63, 3.8) is 0 Å². The third-order valence-electron chi connectivity index (χ3n) is 4.41. The first-order valence-electron chi connectivity index (χ1n) is 6.99. The molecule has 1 saturated carbocycles. The summed E-state index contributed by atoms with van der Waals surface area (Å²) in [7, 11) is 2.15. The molecule has 3 rings (SSSR count). The lowest BCUT2D eigenvalue weighted by molar-refractivity contribution is 0.135. The maximum absolute atomic E-state index is 9.98. The molecule has 1 aromatic rings. The molecular weight excluding hydrogens is 224 g/mol. The van der Waals surface area contributed by atoms with E-state index < -0.39 is 0 Å². The van der Waals surface area contributed by atoms with E-state index in [1.54, 1.807) is 0 Å². The van der Waals surface area contributed by atoms with Gasteiger partial charge in [0.15, 0.2) is 0 Å². The number of aliphatic hydroxyl groups excluding tert-OH is 1. The van der Waals surface area contributed by atoms with E-state index in [9.17, 15) is 5.11 Å². The second-order valence-corrected chi connectivity index (χ2v) is 5.61. The number of benzene rings is 1. The highest BCUT2D eigenvalue weighted by atomic mass is 16.3. The molecule has 1 aromatic carbocycles. The van der Waals surface area contributed by atoms with E-state index in [-0.39, 0.29) is 6.10 Å². The van der Waals surface area contributed by atoms with E-state index in [4.69, 9.17) is 0 Å². The highest BCUT2D eigenvalue weighted by Gasteiger charge is 2.29. The first-order valence-corrected chi connectivity index (χ1v) is 6.99. The molecule has 18 heavy (non-hydrogen) atoms. The van der Waals surface area contributed by atoms with Crippen LogP contribution in [0.3, 0.4) is 0 Å².